The molecular weight excluding hydrogens is 456 g/mol. The molecule has 0 unspecified atom stereocenters. The Morgan fingerprint density at radius 3 is 2.63 bits per heavy atom. The van der Waals surface area contributed by atoms with Gasteiger partial charge in [-0.1, -0.05) is 48.0 Å². The van der Waals surface area contributed by atoms with Crippen molar-refractivity contribution in [1.82, 2.24) is 9.80 Å². The van der Waals surface area contributed by atoms with Crippen molar-refractivity contribution >= 4 is 23.2 Å². The molecule has 5 nitrogen and oxygen atoms in total. The fourth-order valence-electron chi connectivity index (χ4n) is 4.92. The number of thiophene rings is 1. The predicted octanol–water partition coefficient (Wildman–Crippen LogP) is 5.10. The molecule has 1 fully saturated rings. The van der Waals surface area contributed by atoms with E-state index in [1.807, 2.05) is 54.3 Å². The average molecular weight is 489 g/mol. The van der Waals surface area contributed by atoms with Gasteiger partial charge in [-0.2, -0.15) is 0 Å². The number of carbonyl (C=O) groups excluding carboxylic acids is 2. The highest BCUT2D eigenvalue weighted by Gasteiger charge is 2.37. The maximum atomic E-state index is 13.6. The fourth-order valence-corrected chi connectivity index (χ4v) is 5.85. The largest absolute Gasteiger partial charge is 0.491 e. The third-order valence-corrected chi connectivity index (χ3v) is 7.95. The lowest BCUT2D eigenvalue weighted by molar-refractivity contribution is -0.143. The van der Waals surface area contributed by atoms with Crippen LogP contribution in [0.5, 0.6) is 5.75 Å². The van der Waals surface area contributed by atoms with Gasteiger partial charge in [-0.15, -0.1) is 11.3 Å². The number of amides is 2. The second-order valence-electron chi connectivity index (χ2n) is 9.65. The summed E-state index contributed by atoms with van der Waals surface area (Å²) in [6.07, 6.45) is 3.13. The lowest BCUT2D eigenvalue weighted by Gasteiger charge is -2.37. The molecule has 1 atom stereocenters. The first-order valence-corrected chi connectivity index (χ1v) is 13.3. The van der Waals surface area contributed by atoms with Gasteiger partial charge in [0.25, 0.3) is 0 Å². The molecule has 2 heterocycles. The highest BCUT2D eigenvalue weighted by atomic mass is 32.1. The van der Waals surface area contributed by atoms with Crippen LogP contribution in [0.1, 0.15) is 46.0 Å². The monoisotopic (exact) mass is 488 g/mol. The summed E-state index contributed by atoms with van der Waals surface area (Å²) in [5.74, 6) is 0.885. The van der Waals surface area contributed by atoms with E-state index in [1.54, 1.807) is 16.2 Å². The van der Waals surface area contributed by atoms with Gasteiger partial charge in [0.15, 0.2) is 0 Å². The van der Waals surface area contributed by atoms with Crippen molar-refractivity contribution in [2.24, 2.45) is 0 Å². The Morgan fingerprint density at radius 2 is 1.89 bits per heavy atom. The number of rotatable bonds is 8. The van der Waals surface area contributed by atoms with E-state index in [4.69, 9.17) is 4.74 Å². The molecule has 0 saturated heterocycles. The number of aryl methyl sites for hydroxylation is 2. The van der Waals surface area contributed by atoms with Crippen LogP contribution in [-0.4, -0.2) is 47.4 Å². The summed E-state index contributed by atoms with van der Waals surface area (Å²) in [4.78, 5) is 31.9. The summed E-state index contributed by atoms with van der Waals surface area (Å²) in [5, 5.41) is 2.10. The molecular formula is C29H32N2O3S. The molecule has 35 heavy (non-hydrogen) atoms. The normalized spacial score (nSPS) is 17.1. The third kappa shape index (κ3) is 5.43. The van der Waals surface area contributed by atoms with E-state index in [9.17, 15) is 9.59 Å². The minimum atomic E-state index is -0.150. The van der Waals surface area contributed by atoms with Crippen LogP contribution < -0.4 is 4.74 Å². The number of benzene rings is 2. The Bertz CT molecular complexity index is 1200. The summed E-state index contributed by atoms with van der Waals surface area (Å²) in [6.45, 7) is 5.31. The maximum Gasteiger partial charge on any atom is 0.242 e. The third-order valence-electron chi connectivity index (χ3n) is 6.95. The SMILES string of the molecule is Cc1ccc(OC[C@H]2c3ccsc3CCN2C(=O)CN(C(=O)Cc2ccccc2)C2CC2)c(C)c1. The molecule has 1 aliphatic heterocycles. The second kappa shape index (κ2) is 10.2. The van der Waals surface area contributed by atoms with E-state index in [2.05, 4.69) is 24.4 Å². The van der Waals surface area contributed by atoms with Crippen molar-refractivity contribution in [3.05, 3.63) is 87.1 Å². The zero-order valence-corrected chi connectivity index (χ0v) is 21.2. The average Bonchev–Trinajstić information content (AvgIpc) is 3.57. The van der Waals surface area contributed by atoms with Gasteiger partial charge in [-0.05, 0) is 67.3 Å². The minimum absolute atomic E-state index is 0.00406. The molecule has 182 valence electrons. The van der Waals surface area contributed by atoms with Crippen LogP contribution in [0, 0.1) is 13.8 Å². The van der Waals surface area contributed by atoms with Gasteiger partial charge in [-0.3, -0.25) is 9.59 Å². The summed E-state index contributed by atoms with van der Waals surface area (Å²) in [5.41, 5.74) is 4.45. The minimum Gasteiger partial charge on any atom is -0.491 e. The first-order valence-electron chi connectivity index (χ1n) is 12.4. The van der Waals surface area contributed by atoms with Crippen molar-refractivity contribution in [1.29, 1.82) is 0 Å². The number of hydrogen-bond acceptors (Lipinski definition) is 4. The van der Waals surface area contributed by atoms with Gasteiger partial charge in [0.1, 0.15) is 18.9 Å². The number of fused-ring (bicyclic) bond motifs is 1. The first kappa shape index (κ1) is 23.6. The molecule has 0 radical (unpaired) electrons. The molecule has 1 saturated carbocycles. The molecule has 3 aromatic rings. The Labute approximate surface area is 211 Å². The Hall–Kier alpha value is -3.12. The number of nitrogens with zero attached hydrogens (tertiary/aromatic N) is 2. The van der Waals surface area contributed by atoms with E-state index in [0.717, 1.165) is 36.1 Å². The second-order valence-corrected chi connectivity index (χ2v) is 10.6. The van der Waals surface area contributed by atoms with Crippen LogP contribution >= 0.6 is 11.3 Å². The molecule has 5 rings (SSSR count). The van der Waals surface area contributed by atoms with E-state index in [0.29, 0.717) is 19.6 Å². The number of hydrogen-bond donors (Lipinski definition) is 0. The molecule has 1 aliphatic carbocycles. The summed E-state index contributed by atoms with van der Waals surface area (Å²) >= 11 is 1.75. The highest BCUT2D eigenvalue weighted by Crippen LogP contribution is 2.35. The lowest BCUT2D eigenvalue weighted by Crippen LogP contribution is -2.48. The molecule has 1 aromatic heterocycles. The van der Waals surface area contributed by atoms with Gasteiger partial charge < -0.3 is 14.5 Å². The van der Waals surface area contributed by atoms with Crippen molar-refractivity contribution in [3.63, 3.8) is 0 Å². The first-order chi connectivity index (χ1) is 17.0. The Balaban J connectivity index is 1.31. The molecule has 2 aromatic carbocycles. The lowest BCUT2D eigenvalue weighted by atomic mass is 10.00. The summed E-state index contributed by atoms with van der Waals surface area (Å²) < 4.78 is 6.26. The van der Waals surface area contributed by atoms with Crippen LogP contribution in [0.3, 0.4) is 0 Å². The number of carbonyl (C=O) groups is 2. The molecule has 2 aliphatic rings. The zero-order chi connectivity index (χ0) is 24.4. The number of ether oxygens (including phenoxy) is 1. The maximum absolute atomic E-state index is 13.6. The smallest absolute Gasteiger partial charge is 0.242 e. The molecule has 0 bridgehead atoms. The molecule has 6 heteroatoms. The van der Waals surface area contributed by atoms with Crippen LogP contribution in [0.4, 0.5) is 0 Å². The van der Waals surface area contributed by atoms with Crippen molar-refractivity contribution in [2.75, 3.05) is 19.7 Å². The van der Waals surface area contributed by atoms with Gasteiger partial charge in [-0.25, -0.2) is 0 Å². The van der Waals surface area contributed by atoms with Crippen LogP contribution in [0.15, 0.2) is 60.0 Å². The van der Waals surface area contributed by atoms with E-state index < -0.39 is 0 Å². The zero-order valence-electron chi connectivity index (χ0n) is 20.4. The van der Waals surface area contributed by atoms with Crippen molar-refractivity contribution < 1.29 is 14.3 Å². The van der Waals surface area contributed by atoms with Gasteiger partial charge in [0.05, 0.1) is 12.5 Å². The van der Waals surface area contributed by atoms with E-state index >= 15 is 0 Å². The van der Waals surface area contributed by atoms with Gasteiger partial charge in [0.2, 0.25) is 11.8 Å². The van der Waals surface area contributed by atoms with Gasteiger partial charge >= 0.3 is 0 Å². The Morgan fingerprint density at radius 1 is 1.09 bits per heavy atom. The Kier molecular flexibility index (Phi) is 6.91. The standard InChI is InChI=1S/C29H32N2O3S/c1-20-8-11-26(21(2)16-20)34-19-25-24-13-15-35-27(24)12-14-30(25)29(33)18-31(23-9-10-23)28(32)17-22-6-4-3-5-7-22/h3-8,11,13,15-16,23,25H,9-10,12,14,17-19H2,1-2H3/t25-/m0/s1. The van der Waals surface area contributed by atoms with E-state index in [1.165, 1.54) is 16.0 Å². The van der Waals surface area contributed by atoms with Crippen LogP contribution in [0.25, 0.3) is 0 Å². The van der Waals surface area contributed by atoms with Crippen molar-refractivity contribution in [2.45, 2.75) is 51.6 Å². The quantitative estimate of drug-likeness (QED) is 0.443. The molecule has 0 spiro atoms. The summed E-state index contributed by atoms with van der Waals surface area (Å²) in [7, 11) is 0. The fraction of sp³-hybridized carbons (Fsp3) is 0.379. The predicted molar refractivity (Wildman–Crippen MR) is 139 cm³/mol. The highest BCUT2D eigenvalue weighted by molar-refractivity contribution is 7.10. The van der Waals surface area contributed by atoms with Crippen LogP contribution in [-0.2, 0) is 22.4 Å². The van der Waals surface area contributed by atoms with E-state index in [-0.39, 0.29) is 30.4 Å². The van der Waals surface area contributed by atoms with Gasteiger partial charge in [0, 0.05) is 17.5 Å². The molecule has 0 N–H and O–H groups in total. The van der Waals surface area contributed by atoms with Crippen LogP contribution in [0.2, 0.25) is 0 Å². The summed E-state index contributed by atoms with van der Waals surface area (Å²) in [6, 6.07) is 18.1. The topological polar surface area (TPSA) is 49.9 Å². The van der Waals surface area contributed by atoms with Crippen molar-refractivity contribution in [3.8, 4) is 5.75 Å². The molecule has 2 amide bonds.